The van der Waals surface area contributed by atoms with Crippen LogP contribution in [0, 0.1) is 0 Å². The van der Waals surface area contributed by atoms with Crippen LogP contribution in [0.15, 0.2) is 87.0 Å². The second kappa shape index (κ2) is 10.3. The van der Waals surface area contributed by atoms with Crippen molar-refractivity contribution in [2.75, 3.05) is 25.7 Å². The molecule has 5 rings (SSSR count). The van der Waals surface area contributed by atoms with Crippen molar-refractivity contribution in [3.05, 3.63) is 93.9 Å². The zero-order chi connectivity index (χ0) is 27.0. The number of methoxy groups -OCH3 is 2. The monoisotopic (exact) mass is 577 g/mol. The molecular weight excluding hydrogens is 554 g/mol. The van der Waals surface area contributed by atoms with E-state index >= 15 is 0 Å². The molecule has 1 aliphatic rings. The minimum atomic E-state index is -0.965. The van der Waals surface area contributed by atoms with Crippen LogP contribution < -0.4 is 19.1 Å². The SMILES string of the molecule is CCOc1ccc(N2C(=O)C(O)=C(C(=O)c3cc4cc(Br)ccc4o3)C2c2ccc(OC)c(OC)c2)cc1. The van der Waals surface area contributed by atoms with Gasteiger partial charge in [-0.3, -0.25) is 14.5 Å². The number of carbonyl (C=O) groups is 2. The zero-order valence-electron chi connectivity index (χ0n) is 20.9. The first kappa shape index (κ1) is 25.4. The summed E-state index contributed by atoms with van der Waals surface area (Å²) >= 11 is 3.42. The van der Waals surface area contributed by atoms with Crippen molar-refractivity contribution in [2.45, 2.75) is 13.0 Å². The minimum absolute atomic E-state index is 0.00599. The topological polar surface area (TPSA) is 98.4 Å². The van der Waals surface area contributed by atoms with E-state index in [9.17, 15) is 14.7 Å². The first-order valence-corrected chi connectivity index (χ1v) is 12.6. The fraction of sp³-hybridized carbons (Fsp3) is 0.172. The van der Waals surface area contributed by atoms with Crippen LogP contribution in [0.3, 0.4) is 0 Å². The third-order valence-corrected chi connectivity index (χ3v) is 6.80. The lowest BCUT2D eigenvalue weighted by molar-refractivity contribution is -0.117. The second-order valence-corrected chi connectivity index (χ2v) is 9.42. The number of ether oxygens (including phenoxy) is 3. The quantitative estimate of drug-likeness (QED) is 0.242. The largest absolute Gasteiger partial charge is 0.503 e. The number of fused-ring (bicyclic) bond motifs is 1. The normalized spacial score (nSPS) is 15.3. The van der Waals surface area contributed by atoms with Gasteiger partial charge >= 0.3 is 0 Å². The number of benzene rings is 3. The Hall–Kier alpha value is -4.24. The van der Waals surface area contributed by atoms with Gasteiger partial charge in [-0.2, -0.15) is 0 Å². The van der Waals surface area contributed by atoms with Gasteiger partial charge in [-0.05, 0) is 73.2 Å². The van der Waals surface area contributed by atoms with Gasteiger partial charge in [-0.15, -0.1) is 0 Å². The molecule has 1 aliphatic heterocycles. The molecule has 8 nitrogen and oxygen atoms in total. The zero-order valence-corrected chi connectivity index (χ0v) is 22.4. The maximum atomic E-state index is 13.9. The molecule has 1 atom stereocenters. The van der Waals surface area contributed by atoms with Crippen LogP contribution in [-0.4, -0.2) is 37.6 Å². The molecule has 0 spiro atoms. The van der Waals surface area contributed by atoms with Crippen molar-refractivity contribution in [3.63, 3.8) is 0 Å². The lowest BCUT2D eigenvalue weighted by atomic mass is 9.94. The Bertz CT molecular complexity index is 1570. The van der Waals surface area contributed by atoms with E-state index in [-0.39, 0.29) is 11.3 Å². The summed E-state index contributed by atoms with van der Waals surface area (Å²) in [6, 6.07) is 17.9. The van der Waals surface area contributed by atoms with Crippen molar-refractivity contribution in [3.8, 4) is 17.2 Å². The Morgan fingerprint density at radius 1 is 1.00 bits per heavy atom. The maximum absolute atomic E-state index is 13.9. The molecular formula is C29H24BrNO7. The van der Waals surface area contributed by atoms with E-state index < -0.39 is 23.5 Å². The van der Waals surface area contributed by atoms with Crippen LogP contribution in [0.4, 0.5) is 5.69 Å². The summed E-state index contributed by atoms with van der Waals surface area (Å²) < 4.78 is 23.0. The predicted octanol–water partition coefficient (Wildman–Crippen LogP) is 6.39. The molecule has 4 aromatic rings. The van der Waals surface area contributed by atoms with Gasteiger partial charge in [0.25, 0.3) is 5.91 Å². The van der Waals surface area contributed by atoms with Crippen molar-refractivity contribution in [1.82, 2.24) is 0 Å². The maximum Gasteiger partial charge on any atom is 0.294 e. The van der Waals surface area contributed by atoms with Gasteiger partial charge in [0, 0.05) is 15.5 Å². The average molecular weight is 578 g/mol. The van der Waals surface area contributed by atoms with E-state index in [0.717, 1.165) is 4.47 Å². The van der Waals surface area contributed by atoms with E-state index in [0.29, 0.717) is 46.1 Å². The Balaban J connectivity index is 1.65. The van der Waals surface area contributed by atoms with E-state index in [4.69, 9.17) is 18.6 Å². The molecule has 2 heterocycles. The van der Waals surface area contributed by atoms with Crippen LogP contribution in [0.5, 0.6) is 17.2 Å². The molecule has 1 aromatic heterocycles. The molecule has 1 N–H and O–H groups in total. The number of ketones is 1. The predicted molar refractivity (Wildman–Crippen MR) is 145 cm³/mol. The number of aliphatic hydroxyl groups excluding tert-OH is 1. The molecule has 0 fully saturated rings. The fourth-order valence-electron chi connectivity index (χ4n) is 4.57. The minimum Gasteiger partial charge on any atom is -0.503 e. The summed E-state index contributed by atoms with van der Waals surface area (Å²) in [6.45, 7) is 2.37. The fourth-order valence-corrected chi connectivity index (χ4v) is 4.95. The number of Topliss-reactive ketones (excluding diaryl/α,β-unsaturated/α-hetero) is 1. The molecule has 0 radical (unpaired) electrons. The molecule has 0 saturated heterocycles. The lowest BCUT2D eigenvalue weighted by Gasteiger charge is -2.27. The number of carbonyl (C=O) groups excluding carboxylic acids is 2. The molecule has 38 heavy (non-hydrogen) atoms. The number of furan rings is 1. The number of aliphatic hydroxyl groups is 1. The van der Waals surface area contributed by atoms with Crippen LogP contribution >= 0.6 is 15.9 Å². The van der Waals surface area contributed by atoms with Crippen molar-refractivity contribution in [1.29, 1.82) is 0 Å². The molecule has 0 aliphatic carbocycles. The summed E-state index contributed by atoms with van der Waals surface area (Å²) in [6.07, 6.45) is 0. The molecule has 1 unspecified atom stereocenters. The number of halogens is 1. The third kappa shape index (κ3) is 4.39. The van der Waals surface area contributed by atoms with Gasteiger partial charge in [0.15, 0.2) is 23.0 Å². The third-order valence-electron chi connectivity index (χ3n) is 6.30. The van der Waals surface area contributed by atoms with E-state index in [1.165, 1.54) is 19.1 Å². The molecule has 1 amide bonds. The summed E-state index contributed by atoms with van der Waals surface area (Å²) in [4.78, 5) is 28.7. The van der Waals surface area contributed by atoms with Crippen LogP contribution in [0.1, 0.15) is 29.1 Å². The molecule has 194 valence electrons. The van der Waals surface area contributed by atoms with Gasteiger partial charge in [-0.1, -0.05) is 22.0 Å². The second-order valence-electron chi connectivity index (χ2n) is 8.50. The van der Waals surface area contributed by atoms with Crippen molar-refractivity contribution < 1.29 is 33.3 Å². The van der Waals surface area contributed by atoms with Crippen LogP contribution in [0.25, 0.3) is 11.0 Å². The van der Waals surface area contributed by atoms with E-state index in [1.54, 1.807) is 60.7 Å². The van der Waals surface area contributed by atoms with Gasteiger partial charge in [-0.25, -0.2) is 0 Å². The highest BCUT2D eigenvalue weighted by Gasteiger charge is 2.45. The van der Waals surface area contributed by atoms with Gasteiger partial charge in [0.1, 0.15) is 11.3 Å². The smallest absolute Gasteiger partial charge is 0.294 e. The number of hydrogen-bond donors (Lipinski definition) is 1. The van der Waals surface area contributed by atoms with Crippen molar-refractivity contribution in [2.24, 2.45) is 0 Å². The molecule has 9 heteroatoms. The van der Waals surface area contributed by atoms with E-state index in [2.05, 4.69) is 15.9 Å². The number of anilines is 1. The standard InChI is InChI=1S/C29H24BrNO7/c1-4-37-20-9-7-19(8-10-20)31-26(16-5-11-22(35-2)23(14-16)36-3)25(28(33)29(31)34)27(32)24-15-17-13-18(30)6-12-21(17)38-24/h5-15,26,33H,4H2,1-3H3. The molecule has 0 bridgehead atoms. The van der Waals surface area contributed by atoms with Gasteiger partial charge < -0.3 is 23.7 Å². The Morgan fingerprint density at radius 2 is 1.74 bits per heavy atom. The first-order valence-electron chi connectivity index (χ1n) is 11.8. The number of amides is 1. The van der Waals surface area contributed by atoms with Crippen LogP contribution in [0.2, 0.25) is 0 Å². The highest BCUT2D eigenvalue weighted by Crippen LogP contribution is 2.44. The molecule has 3 aromatic carbocycles. The number of rotatable bonds is 8. The highest BCUT2D eigenvalue weighted by molar-refractivity contribution is 9.10. The van der Waals surface area contributed by atoms with Gasteiger partial charge in [0.05, 0.1) is 32.4 Å². The summed E-state index contributed by atoms with van der Waals surface area (Å²) in [7, 11) is 3.01. The number of nitrogens with zero attached hydrogens (tertiary/aromatic N) is 1. The highest BCUT2D eigenvalue weighted by atomic mass is 79.9. The Labute approximate surface area is 227 Å². The molecule has 0 saturated carbocycles. The van der Waals surface area contributed by atoms with Crippen molar-refractivity contribution >= 4 is 44.3 Å². The number of hydrogen-bond acceptors (Lipinski definition) is 7. The summed E-state index contributed by atoms with van der Waals surface area (Å²) in [5.41, 5.74) is 1.42. The average Bonchev–Trinajstić information content (AvgIpc) is 3.46. The summed E-state index contributed by atoms with van der Waals surface area (Å²) in [5, 5.41) is 11.8. The van der Waals surface area contributed by atoms with E-state index in [1.807, 2.05) is 13.0 Å². The Kier molecular flexibility index (Phi) is 6.86. The Morgan fingerprint density at radius 3 is 2.42 bits per heavy atom. The lowest BCUT2D eigenvalue weighted by Crippen LogP contribution is -2.31. The summed E-state index contributed by atoms with van der Waals surface area (Å²) in [5.74, 6) is -0.426. The van der Waals surface area contributed by atoms with Gasteiger partial charge in [0.2, 0.25) is 5.78 Å². The first-order chi connectivity index (χ1) is 18.4. The van der Waals surface area contributed by atoms with Crippen LogP contribution in [-0.2, 0) is 4.79 Å².